The number of hydrogen-bond donors (Lipinski definition) is 1. The van der Waals surface area contributed by atoms with Crippen molar-refractivity contribution in [3.63, 3.8) is 0 Å². The minimum atomic E-state index is -0.382. The maximum atomic E-state index is 13.2. The molecule has 1 fully saturated rings. The van der Waals surface area contributed by atoms with Crippen molar-refractivity contribution < 1.29 is 9.18 Å². The van der Waals surface area contributed by atoms with Crippen LogP contribution in [0.4, 0.5) is 9.52 Å². The molecule has 1 amide bonds. The third-order valence-corrected chi connectivity index (χ3v) is 4.49. The minimum Gasteiger partial charge on any atom is -0.375 e. The van der Waals surface area contributed by atoms with Crippen LogP contribution in [0.5, 0.6) is 0 Å². The molecule has 1 aromatic carbocycles. The number of rotatable bonds is 3. The molecule has 2 aromatic rings. The van der Waals surface area contributed by atoms with E-state index in [0.717, 1.165) is 24.5 Å². The zero-order valence-electron chi connectivity index (χ0n) is 12.4. The van der Waals surface area contributed by atoms with Gasteiger partial charge in [-0.25, -0.2) is 9.37 Å². The van der Waals surface area contributed by atoms with Crippen LogP contribution in [-0.2, 0) is 6.54 Å². The second kappa shape index (κ2) is 7.72. The van der Waals surface area contributed by atoms with E-state index in [2.05, 4.69) is 9.88 Å². The first-order valence-corrected chi connectivity index (χ1v) is 7.91. The number of carbonyl (C=O) groups is 1. The van der Waals surface area contributed by atoms with E-state index in [9.17, 15) is 9.18 Å². The van der Waals surface area contributed by atoms with Crippen LogP contribution in [0.25, 0.3) is 0 Å². The molecule has 0 spiro atoms. The second-order valence-electron chi connectivity index (χ2n) is 5.24. The molecule has 1 aliphatic rings. The van der Waals surface area contributed by atoms with Crippen LogP contribution in [0.2, 0.25) is 0 Å². The smallest absolute Gasteiger partial charge is 0.254 e. The number of nitrogens with zero attached hydrogens (tertiary/aromatic N) is 3. The lowest BCUT2D eigenvalue weighted by molar-refractivity contribution is 0.0629. The Morgan fingerprint density at radius 2 is 2.04 bits per heavy atom. The zero-order valence-corrected chi connectivity index (χ0v) is 14.1. The number of carbonyl (C=O) groups excluding carboxylic acids is 1. The van der Waals surface area contributed by atoms with Crippen molar-refractivity contribution in [2.75, 3.05) is 31.9 Å². The number of thiazole rings is 1. The number of aromatic nitrogens is 1. The van der Waals surface area contributed by atoms with Gasteiger partial charge in [-0.15, -0.1) is 23.7 Å². The van der Waals surface area contributed by atoms with Gasteiger partial charge in [-0.3, -0.25) is 9.69 Å². The summed E-state index contributed by atoms with van der Waals surface area (Å²) in [7, 11) is 0. The molecule has 3 rings (SSSR count). The largest absolute Gasteiger partial charge is 0.375 e. The van der Waals surface area contributed by atoms with Gasteiger partial charge in [0.15, 0.2) is 5.13 Å². The molecule has 23 heavy (non-hydrogen) atoms. The fourth-order valence-electron chi connectivity index (χ4n) is 2.53. The molecule has 2 N–H and O–H groups in total. The standard InChI is InChI=1S/C15H17FN4OS.ClH/c16-12-3-1-2-11(8-12)14(21)20-6-4-19(5-7-20)10-13-9-18-15(17)22-13;/h1-3,8-9H,4-7,10H2,(H2,17,18);1H. The Kier molecular flexibility index (Phi) is 5.92. The first-order chi connectivity index (χ1) is 10.6. The van der Waals surface area contributed by atoms with Crippen molar-refractivity contribution in [1.29, 1.82) is 0 Å². The molecule has 0 saturated carbocycles. The normalized spacial score (nSPS) is 15.3. The molecule has 0 atom stereocenters. The number of piperazine rings is 1. The Balaban J connectivity index is 0.00000192. The molecule has 0 bridgehead atoms. The van der Waals surface area contributed by atoms with E-state index in [1.165, 1.54) is 23.5 Å². The van der Waals surface area contributed by atoms with Crippen LogP contribution in [0.3, 0.4) is 0 Å². The minimum absolute atomic E-state index is 0. The van der Waals surface area contributed by atoms with Crippen LogP contribution in [0.1, 0.15) is 15.2 Å². The van der Waals surface area contributed by atoms with Crippen molar-refractivity contribution in [2.45, 2.75) is 6.54 Å². The summed E-state index contributed by atoms with van der Waals surface area (Å²) in [5, 5.41) is 0.579. The van der Waals surface area contributed by atoms with Crippen molar-refractivity contribution in [2.24, 2.45) is 0 Å². The second-order valence-corrected chi connectivity index (χ2v) is 6.39. The van der Waals surface area contributed by atoms with Gasteiger partial charge in [0, 0.05) is 49.4 Å². The Morgan fingerprint density at radius 3 is 2.65 bits per heavy atom. The molecule has 0 radical (unpaired) electrons. The van der Waals surface area contributed by atoms with Crippen molar-refractivity contribution in [3.05, 3.63) is 46.7 Å². The van der Waals surface area contributed by atoms with Crippen molar-refractivity contribution >= 4 is 34.8 Å². The Morgan fingerprint density at radius 1 is 1.30 bits per heavy atom. The highest BCUT2D eigenvalue weighted by molar-refractivity contribution is 7.15. The fourth-order valence-corrected chi connectivity index (χ4v) is 3.26. The van der Waals surface area contributed by atoms with Gasteiger partial charge in [0.25, 0.3) is 5.91 Å². The lowest BCUT2D eigenvalue weighted by Crippen LogP contribution is -2.48. The average Bonchev–Trinajstić information content (AvgIpc) is 2.92. The van der Waals surface area contributed by atoms with Crippen LogP contribution < -0.4 is 5.73 Å². The number of anilines is 1. The molecule has 1 saturated heterocycles. The maximum Gasteiger partial charge on any atom is 0.254 e. The highest BCUT2D eigenvalue weighted by Gasteiger charge is 2.22. The molecule has 0 unspecified atom stereocenters. The highest BCUT2D eigenvalue weighted by Crippen LogP contribution is 2.18. The zero-order chi connectivity index (χ0) is 15.5. The molecule has 2 heterocycles. The summed E-state index contributed by atoms with van der Waals surface area (Å²) in [4.78, 5) is 21.5. The van der Waals surface area contributed by atoms with Crippen molar-refractivity contribution in [3.8, 4) is 0 Å². The Hall–Kier alpha value is -1.70. The fraction of sp³-hybridized carbons (Fsp3) is 0.333. The van der Waals surface area contributed by atoms with Crippen molar-refractivity contribution in [1.82, 2.24) is 14.8 Å². The first kappa shape index (κ1) is 17.7. The third-order valence-electron chi connectivity index (χ3n) is 3.68. The van der Waals surface area contributed by atoms with Gasteiger partial charge in [0.1, 0.15) is 5.82 Å². The summed E-state index contributed by atoms with van der Waals surface area (Å²) >= 11 is 1.49. The number of nitrogen functional groups attached to an aromatic ring is 1. The average molecular weight is 357 g/mol. The number of hydrogen-bond acceptors (Lipinski definition) is 5. The van der Waals surface area contributed by atoms with Crippen LogP contribution >= 0.6 is 23.7 Å². The first-order valence-electron chi connectivity index (χ1n) is 7.09. The lowest BCUT2D eigenvalue weighted by atomic mass is 10.1. The summed E-state index contributed by atoms with van der Waals surface area (Å²) in [6.07, 6.45) is 1.80. The highest BCUT2D eigenvalue weighted by atomic mass is 35.5. The van der Waals surface area contributed by atoms with E-state index in [1.54, 1.807) is 23.2 Å². The summed E-state index contributed by atoms with van der Waals surface area (Å²) in [5.74, 6) is -0.492. The van der Waals surface area contributed by atoms with E-state index in [0.29, 0.717) is 23.8 Å². The third kappa shape index (κ3) is 4.40. The SMILES string of the molecule is Cl.Nc1ncc(CN2CCN(C(=O)c3cccc(F)c3)CC2)s1. The molecule has 5 nitrogen and oxygen atoms in total. The monoisotopic (exact) mass is 356 g/mol. The summed E-state index contributed by atoms with van der Waals surface area (Å²) < 4.78 is 13.2. The number of nitrogens with two attached hydrogens (primary N) is 1. The van der Waals surface area contributed by atoms with Gasteiger partial charge in [-0.05, 0) is 18.2 Å². The molecule has 0 aliphatic carbocycles. The van der Waals surface area contributed by atoms with E-state index in [-0.39, 0.29) is 24.1 Å². The van der Waals surface area contributed by atoms with E-state index in [4.69, 9.17) is 5.73 Å². The molecule has 124 valence electrons. The summed E-state index contributed by atoms with van der Waals surface area (Å²) in [6, 6.07) is 5.84. The summed E-state index contributed by atoms with van der Waals surface area (Å²) in [6.45, 7) is 3.67. The van der Waals surface area contributed by atoms with Gasteiger partial charge in [0.05, 0.1) is 0 Å². The van der Waals surface area contributed by atoms with E-state index in [1.807, 2.05) is 0 Å². The summed E-state index contributed by atoms with van der Waals surface area (Å²) in [5.41, 5.74) is 6.03. The number of benzene rings is 1. The molecule has 8 heteroatoms. The molecule has 1 aromatic heterocycles. The Labute approximate surface area is 144 Å². The van der Waals surface area contributed by atoms with Crippen LogP contribution in [0, 0.1) is 5.82 Å². The molecular formula is C15H18ClFN4OS. The molecule has 1 aliphatic heterocycles. The topological polar surface area (TPSA) is 62.5 Å². The van der Waals surface area contributed by atoms with Gasteiger partial charge < -0.3 is 10.6 Å². The van der Waals surface area contributed by atoms with Gasteiger partial charge >= 0.3 is 0 Å². The Bertz CT molecular complexity index is 673. The number of amides is 1. The van der Waals surface area contributed by atoms with Crippen LogP contribution in [-0.4, -0.2) is 46.9 Å². The predicted octanol–water partition coefficient (Wildman–Crippen LogP) is 2.24. The van der Waals surface area contributed by atoms with Crippen LogP contribution in [0.15, 0.2) is 30.5 Å². The van der Waals surface area contributed by atoms with E-state index < -0.39 is 0 Å². The maximum absolute atomic E-state index is 13.2. The van der Waals surface area contributed by atoms with E-state index >= 15 is 0 Å². The lowest BCUT2D eigenvalue weighted by Gasteiger charge is -2.34. The molecular weight excluding hydrogens is 339 g/mol. The quantitative estimate of drug-likeness (QED) is 0.916. The van der Waals surface area contributed by atoms with Gasteiger partial charge in [-0.2, -0.15) is 0 Å². The number of halogens is 2. The predicted molar refractivity (Wildman–Crippen MR) is 91.4 cm³/mol. The van der Waals surface area contributed by atoms with Gasteiger partial charge in [-0.1, -0.05) is 6.07 Å². The van der Waals surface area contributed by atoms with Gasteiger partial charge in [0.2, 0.25) is 0 Å².